The maximum atomic E-state index is 10.1. The maximum Gasteiger partial charge on any atom is 2.00 e. The van der Waals surface area contributed by atoms with Crippen molar-refractivity contribution in [3.05, 3.63) is 72.8 Å². The van der Waals surface area contributed by atoms with Gasteiger partial charge in [-0.2, -0.15) is 0 Å². The molecule has 4 heteroatoms. The number of hydrogen-bond acceptors (Lipinski definition) is 2. The van der Waals surface area contributed by atoms with Crippen LogP contribution in [0.1, 0.15) is 11.1 Å². The molecule has 0 spiro atoms. The van der Waals surface area contributed by atoms with Crippen LogP contribution in [-0.4, -0.2) is 12.6 Å². The third kappa shape index (κ3) is 7.54. The van der Waals surface area contributed by atoms with Gasteiger partial charge in [0.15, 0.2) is 0 Å². The molecule has 92 valence electrons. The summed E-state index contributed by atoms with van der Waals surface area (Å²) >= 11 is 0. The van der Waals surface area contributed by atoms with Gasteiger partial charge in [-0.05, 0) is 12.6 Å². The molecule has 0 amide bonds. The van der Waals surface area contributed by atoms with E-state index in [0.717, 1.165) is 0 Å². The number of rotatable bonds is 2. The molecule has 1 aliphatic carbocycles. The van der Waals surface area contributed by atoms with Crippen LogP contribution in [-0.2, 0) is 31.0 Å². The fourth-order valence-corrected chi connectivity index (χ4v) is 0.982. The van der Waals surface area contributed by atoms with Crippen molar-refractivity contribution in [2.75, 3.05) is 0 Å². The molecule has 0 saturated heterocycles. The Kier molecular flexibility index (Phi) is 13.8. The molecular weight excluding hydrogens is 275 g/mol. The molecule has 0 unspecified atom stereocenters. The average Bonchev–Trinajstić information content (AvgIpc) is 3.00. The first kappa shape index (κ1) is 18.6. The van der Waals surface area contributed by atoms with Crippen molar-refractivity contribution in [1.82, 2.24) is 0 Å². The molecule has 2 radical (unpaired) electrons. The molecule has 0 atom stereocenters. The van der Waals surface area contributed by atoms with Crippen LogP contribution >= 0.6 is 0 Å². The molecule has 18 heavy (non-hydrogen) atoms. The minimum Gasteiger partial charge on any atom is -0.0767 e. The molecule has 1 aromatic carbocycles. The van der Waals surface area contributed by atoms with E-state index < -0.39 is 0 Å². The van der Waals surface area contributed by atoms with Crippen LogP contribution in [0.3, 0.4) is 0 Å². The van der Waals surface area contributed by atoms with Gasteiger partial charge in [-0.25, -0.2) is 12.1 Å². The summed E-state index contributed by atoms with van der Waals surface area (Å²) < 4.78 is 7.50. The number of benzene rings is 1. The van der Waals surface area contributed by atoms with Crippen molar-refractivity contribution < 1.29 is 31.0 Å². The smallest absolute Gasteiger partial charge is 0.0767 e. The van der Waals surface area contributed by atoms with Crippen molar-refractivity contribution >= 4 is 12.6 Å². The standard InChI is InChI=1S/C8H4O2.C5H5.CO.Co/c9-5-7-3-1-2-4-8(7)6-10;1-2-4-5-3-1;1-2;/h1-4H;1-5H;;/q-2;;;+2. The third-order valence-corrected chi connectivity index (χ3v) is 1.70. The van der Waals surface area contributed by atoms with E-state index in [1.807, 2.05) is 30.7 Å². The SMILES string of the molecule is O=[C-]c1ccccc1[C-]=O.[C-]#[O+].[CH]1C=CC=C1.[Co+2]. The Bertz CT molecular complexity index is 397. The summed E-state index contributed by atoms with van der Waals surface area (Å²) in [6.45, 7) is 4.50. The molecule has 0 bridgehead atoms. The molecule has 0 saturated carbocycles. The van der Waals surface area contributed by atoms with Gasteiger partial charge in [0.05, 0.1) is 0 Å². The van der Waals surface area contributed by atoms with Gasteiger partial charge < -0.3 is 9.59 Å². The summed E-state index contributed by atoms with van der Waals surface area (Å²) in [7, 11) is 0. The first-order chi connectivity index (χ1) is 8.38. The fraction of sp³-hybridized carbons (Fsp3) is 0. The summed E-state index contributed by atoms with van der Waals surface area (Å²) in [5, 5.41) is 0. The van der Waals surface area contributed by atoms with Gasteiger partial charge in [-0.15, -0.1) is 12.1 Å². The van der Waals surface area contributed by atoms with Gasteiger partial charge >= 0.3 is 28.1 Å². The van der Waals surface area contributed by atoms with Gasteiger partial charge in [-0.1, -0.05) is 24.3 Å². The van der Waals surface area contributed by atoms with Crippen molar-refractivity contribution in [3.8, 4) is 0 Å². The van der Waals surface area contributed by atoms with Crippen molar-refractivity contribution in [3.63, 3.8) is 0 Å². The number of hydrogen-bond donors (Lipinski definition) is 0. The Hall–Kier alpha value is -1.71. The largest absolute Gasteiger partial charge is 2.00 e. The first-order valence-corrected chi connectivity index (χ1v) is 4.61. The summed E-state index contributed by atoms with van der Waals surface area (Å²) in [6.07, 6.45) is 13.3. The Morgan fingerprint density at radius 1 is 0.833 bits per heavy atom. The zero-order chi connectivity index (χ0) is 12.9. The molecule has 0 aromatic heterocycles. The second-order valence-corrected chi connectivity index (χ2v) is 2.71. The normalized spacial score (nSPS) is 9.89. The Morgan fingerprint density at radius 2 is 1.22 bits per heavy atom. The van der Waals surface area contributed by atoms with E-state index in [9.17, 15) is 9.59 Å². The van der Waals surface area contributed by atoms with Crippen molar-refractivity contribution in [2.24, 2.45) is 0 Å². The molecule has 0 fully saturated rings. The molecule has 0 heterocycles. The van der Waals surface area contributed by atoms with E-state index in [0.29, 0.717) is 0 Å². The summed E-state index contributed by atoms with van der Waals surface area (Å²) in [4.78, 5) is 20.2. The van der Waals surface area contributed by atoms with Crippen LogP contribution in [0.4, 0.5) is 0 Å². The van der Waals surface area contributed by atoms with Crippen molar-refractivity contribution in [2.45, 2.75) is 0 Å². The van der Waals surface area contributed by atoms with Gasteiger partial charge in [0.2, 0.25) is 0 Å². The minimum atomic E-state index is 0. The predicted molar refractivity (Wildman–Crippen MR) is 62.5 cm³/mol. The molecule has 2 rings (SSSR count). The Balaban J connectivity index is 0. The zero-order valence-electron chi connectivity index (χ0n) is 9.25. The molecule has 0 aliphatic heterocycles. The topological polar surface area (TPSA) is 54.0 Å². The molecule has 1 aliphatic rings. The van der Waals surface area contributed by atoms with Crippen LogP contribution in [0.2, 0.25) is 0 Å². The average molecular weight is 284 g/mol. The number of carbonyl (C=O) groups excluding carboxylic acids is 2. The van der Waals surface area contributed by atoms with Crippen LogP contribution in [0.5, 0.6) is 0 Å². The quantitative estimate of drug-likeness (QED) is 0.615. The van der Waals surface area contributed by atoms with Gasteiger partial charge in [-0.3, -0.25) is 11.1 Å². The minimum absolute atomic E-state index is 0. The predicted octanol–water partition coefficient (Wildman–Crippen LogP) is 1.88. The maximum absolute atomic E-state index is 10.1. The van der Waals surface area contributed by atoms with Crippen LogP contribution in [0.25, 0.3) is 0 Å². The van der Waals surface area contributed by atoms with Gasteiger partial charge in [0.1, 0.15) is 0 Å². The van der Waals surface area contributed by atoms with E-state index in [1.165, 1.54) is 12.1 Å². The van der Waals surface area contributed by atoms with E-state index in [-0.39, 0.29) is 27.9 Å². The molecule has 3 nitrogen and oxygen atoms in total. The third-order valence-electron chi connectivity index (χ3n) is 1.70. The van der Waals surface area contributed by atoms with Crippen molar-refractivity contribution in [1.29, 1.82) is 0 Å². The van der Waals surface area contributed by atoms with Gasteiger partial charge in [0.25, 0.3) is 0 Å². The molecule has 0 N–H and O–H groups in total. The Morgan fingerprint density at radius 3 is 1.44 bits per heavy atom. The van der Waals surface area contributed by atoms with E-state index in [2.05, 4.69) is 6.65 Å². The number of allylic oxidation sites excluding steroid dienone is 4. The summed E-state index contributed by atoms with van der Waals surface area (Å²) in [5.74, 6) is 0. The molecular formula is C14H9CoO3. The second kappa shape index (κ2) is 13.4. The summed E-state index contributed by atoms with van der Waals surface area (Å²) in [6, 6.07) is 6.38. The first-order valence-electron chi connectivity index (χ1n) is 4.61. The summed E-state index contributed by atoms with van der Waals surface area (Å²) in [5.41, 5.74) is 0.523. The zero-order valence-corrected chi connectivity index (χ0v) is 10.3. The van der Waals surface area contributed by atoms with E-state index in [1.54, 1.807) is 24.7 Å². The van der Waals surface area contributed by atoms with Crippen LogP contribution < -0.4 is 0 Å². The van der Waals surface area contributed by atoms with Crippen LogP contribution in [0, 0.1) is 13.1 Å². The van der Waals surface area contributed by atoms with Gasteiger partial charge in [0, 0.05) is 6.42 Å². The van der Waals surface area contributed by atoms with E-state index >= 15 is 0 Å². The van der Waals surface area contributed by atoms with Crippen LogP contribution in [0.15, 0.2) is 48.6 Å². The second-order valence-electron chi connectivity index (χ2n) is 2.71. The molecule has 1 aromatic rings. The fourth-order valence-electron chi connectivity index (χ4n) is 0.982. The monoisotopic (exact) mass is 284 g/mol. The van der Waals surface area contributed by atoms with E-state index in [4.69, 9.17) is 4.65 Å². The Labute approximate surface area is 117 Å².